The Morgan fingerprint density at radius 3 is 2.69 bits per heavy atom. The zero-order valence-electron chi connectivity index (χ0n) is 13.7. The molecule has 9 nitrogen and oxygen atoms in total. The maximum absolute atomic E-state index is 12.4. The standard InChI is InChI=1S/C16H15N3O6S/c1-18-13-7-2-3-8-14(13)25-15(16(18)20)10-17-26(23,24)12-6-4-5-11(9-12)19(21)22/h2-9,15,17H,10H2,1H3. The fourth-order valence-corrected chi connectivity index (χ4v) is 3.61. The first-order valence-corrected chi connectivity index (χ1v) is 9.05. The van der Waals surface area contributed by atoms with Crippen LogP contribution in [-0.4, -0.2) is 38.9 Å². The highest BCUT2D eigenvalue weighted by atomic mass is 32.2. The molecule has 1 heterocycles. The zero-order chi connectivity index (χ0) is 18.9. The number of carbonyl (C=O) groups is 1. The minimum absolute atomic E-state index is 0.260. The van der Waals surface area contributed by atoms with Crippen molar-refractivity contribution in [3.63, 3.8) is 0 Å². The number of hydrogen-bond acceptors (Lipinski definition) is 6. The van der Waals surface area contributed by atoms with Crippen LogP contribution in [-0.2, 0) is 14.8 Å². The predicted molar refractivity (Wildman–Crippen MR) is 92.6 cm³/mol. The van der Waals surface area contributed by atoms with Crippen LogP contribution in [0.25, 0.3) is 0 Å². The average molecular weight is 377 g/mol. The van der Waals surface area contributed by atoms with Crippen molar-refractivity contribution in [3.05, 3.63) is 58.6 Å². The van der Waals surface area contributed by atoms with Crippen LogP contribution in [0.15, 0.2) is 53.4 Å². The summed E-state index contributed by atoms with van der Waals surface area (Å²) in [5.74, 6) is 0.0691. The van der Waals surface area contributed by atoms with Gasteiger partial charge in [-0.3, -0.25) is 14.9 Å². The van der Waals surface area contributed by atoms with Crippen molar-refractivity contribution in [2.75, 3.05) is 18.5 Å². The lowest BCUT2D eigenvalue weighted by molar-refractivity contribution is -0.385. The Morgan fingerprint density at radius 2 is 1.96 bits per heavy atom. The number of benzene rings is 2. The molecule has 1 aliphatic rings. The molecule has 10 heteroatoms. The Morgan fingerprint density at radius 1 is 1.23 bits per heavy atom. The van der Waals surface area contributed by atoms with Gasteiger partial charge in [0.25, 0.3) is 11.6 Å². The van der Waals surface area contributed by atoms with E-state index in [-0.39, 0.29) is 17.1 Å². The first-order chi connectivity index (χ1) is 12.3. The van der Waals surface area contributed by atoms with Gasteiger partial charge in [0.2, 0.25) is 10.0 Å². The number of para-hydroxylation sites is 2. The van der Waals surface area contributed by atoms with E-state index in [1.54, 1.807) is 31.3 Å². The van der Waals surface area contributed by atoms with E-state index in [1.807, 2.05) is 0 Å². The molecule has 1 aliphatic heterocycles. The van der Waals surface area contributed by atoms with E-state index < -0.39 is 27.0 Å². The summed E-state index contributed by atoms with van der Waals surface area (Å²) in [5, 5.41) is 10.8. The molecular weight excluding hydrogens is 362 g/mol. The fourth-order valence-electron chi connectivity index (χ4n) is 2.53. The molecule has 0 aromatic heterocycles. The van der Waals surface area contributed by atoms with Crippen molar-refractivity contribution in [1.29, 1.82) is 0 Å². The van der Waals surface area contributed by atoms with Crippen LogP contribution in [0.4, 0.5) is 11.4 Å². The molecule has 3 rings (SSSR count). The lowest BCUT2D eigenvalue weighted by Crippen LogP contribution is -2.49. The number of non-ortho nitro benzene ring substituents is 1. The molecule has 2 aromatic carbocycles. The number of nitro groups is 1. The smallest absolute Gasteiger partial charge is 0.270 e. The van der Waals surface area contributed by atoms with Gasteiger partial charge in [-0.1, -0.05) is 18.2 Å². The van der Waals surface area contributed by atoms with Gasteiger partial charge in [-0.25, -0.2) is 13.1 Å². The van der Waals surface area contributed by atoms with E-state index in [4.69, 9.17) is 4.74 Å². The third-order valence-electron chi connectivity index (χ3n) is 3.90. The Labute approximate surface area is 149 Å². The van der Waals surface area contributed by atoms with Gasteiger partial charge in [0.1, 0.15) is 5.75 Å². The van der Waals surface area contributed by atoms with E-state index in [1.165, 1.54) is 23.1 Å². The van der Waals surface area contributed by atoms with Crippen LogP contribution >= 0.6 is 0 Å². The van der Waals surface area contributed by atoms with Crippen molar-refractivity contribution in [3.8, 4) is 5.75 Å². The second-order valence-electron chi connectivity index (χ2n) is 5.58. The Kier molecular flexibility index (Phi) is 4.62. The van der Waals surface area contributed by atoms with Crippen LogP contribution in [0.5, 0.6) is 5.75 Å². The van der Waals surface area contributed by atoms with Gasteiger partial charge in [0, 0.05) is 19.2 Å². The Balaban J connectivity index is 1.77. The fraction of sp³-hybridized carbons (Fsp3) is 0.188. The van der Waals surface area contributed by atoms with Crippen molar-refractivity contribution in [1.82, 2.24) is 4.72 Å². The molecule has 1 atom stereocenters. The zero-order valence-corrected chi connectivity index (χ0v) is 14.5. The third kappa shape index (κ3) is 3.37. The van der Waals surface area contributed by atoms with E-state index in [0.717, 1.165) is 6.07 Å². The SMILES string of the molecule is CN1C(=O)C(CNS(=O)(=O)c2cccc([N+](=O)[O-])c2)Oc2ccccc21. The van der Waals surface area contributed by atoms with E-state index in [9.17, 15) is 23.3 Å². The molecule has 136 valence electrons. The van der Waals surface area contributed by atoms with Gasteiger partial charge in [-0.05, 0) is 18.2 Å². The number of carbonyl (C=O) groups excluding carboxylic acids is 1. The molecule has 0 fully saturated rings. The first-order valence-electron chi connectivity index (χ1n) is 7.57. The van der Waals surface area contributed by atoms with Gasteiger partial charge in [0.15, 0.2) is 6.10 Å². The number of nitrogens with one attached hydrogen (secondary N) is 1. The summed E-state index contributed by atoms with van der Waals surface area (Å²) in [5.41, 5.74) is 0.252. The minimum atomic E-state index is -4.04. The number of rotatable bonds is 5. The lowest BCUT2D eigenvalue weighted by Gasteiger charge is -2.31. The van der Waals surface area contributed by atoms with E-state index in [2.05, 4.69) is 4.72 Å². The second kappa shape index (κ2) is 6.73. The highest BCUT2D eigenvalue weighted by Gasteiger charge is 2.33. The maximum atomic E-state index is 12.4. The molecule has 0 spiro atoms. The van der Waals surface area contributed by atoms with Crippen LogP contribution in [0, 0.1) is 10.1 Å². The topological polar surface area (TPSA) is 119 Å². The number of nitro benzene ring substituents is 1. The molecule has 2 aromatic rings. The van der Waals surface area contributed by atoms with E-state index in [0.29, 0.717) is 11.4 Å². The number of anilines is 1. The predicted octanol–water partition coefficient (Wildman–Crippen LogP) is 1.30. The lowest BCUT2D eigenvalue weighted by atomic mass is 10.2. The quantitative estimate of drug-likeness (QED) is 0.620. The third-order valence-corrected chi connectivity index (χ3v) is 5.32. The van der Waals surface area contributed by atoms with Crippen LogP contribution in [0.1, 0.15) is 0 Å². The molecule has 0 saturated carbocycles. The average Bonchev–Trinajstić information content (AvgIpc) is 2.63. The molecule has 0 radical (unpaired) electrons. The number of fused-ring (bicyclic) bond motifs is 1. The van der Waals surface area contributed by atoms with Crippen molar-refractivity contribution < 1.29 is 22.9 Å². The number of nitrogens with zero attached hydrogens (tertiary/aromatic N) is 2. The minimum Gasteiger partial charge on any atom is -0.477 e. The summed E-state index contributed by atoms with van der Waals surface area (Å²) in [4.78, 5) is 23.6. The first kappa shape index (κ1) is 17.8. The maximum Gasteiger partial charge on any atom is 0.270 e. The van der Waals surface area contributed by atoms with Crippen molar-refractivity contribution in [2.45, 2.75) is 11.0 Å². The summed E-state index contributed by atoms with van der Waals surface area (Å²) in [6.07, 6.45) is -1.04. The van der Waals surface area contributed by atoms with Crippen molar-refractivity contribution in [2.24, 2.45) is 0 Å². The van der Waals surface area contributed by atoms with Gasteiger partial charge < -0.3 is 9.64 Å². The number of amides is 1. The van der Waals surface area contributed by atoms with Crippen LogP contribution < -0.4 is 14.4 Å². The highest BCUT2D eigenvalue weighted by molar-refractivity contribution is 7.89. The summed E-state index contributed by atoms with van der Waals surface area (Å²) in [7, 11) is -2.46. The van der Waals surface area contributed by atoms with Gasteiger partial charge in [0.05, 0.1) is 22.1 Å². The second-order valence-corrected chi connectivity index (χ2v) is 7.34. The molecule has 0 saturated heterocycles. The highest BCUT2D eigenvalue weighted by Crippen LogP contribution is 2.32. The molecule has 26 heavy (non-hydrogen) atoms. The van der Waals surface area contributed by atoms with Crippen molar-refractivity contribution >= 4 is 27.3 Å². The molecule has 1 N–H and O–H groups in total. The van der Waals surface area contributed by atoms with Gasteiger partial charge >= 0.3 is 0 Å². The normalized spacial score (nSPS) is 16.7. The number of ether oxygens (including phenoxy) is 1. The molecule has 1 unspecified atom stereocenters. The largest absolute Gasteiger partial charge is 0.477 e. The summed E-state index contributed by atoms with van der Waals surface area (Å²) in [6, 6.07) is 11.6. The van der Waals surface area contributed by atoms with Crippen LogP contribution in [0.3, 0.4) is 0 Å². The van der Waals surface area contributed by atoms with Crippen LogP contribution in [0.2, 0.25) is 0 Å². The molecule has 1 amide bonds. The van der Waals surface area contributed by atoms with E-state index >= 15 is 0 Å². The summed E-state index contributed by atoms with van der Waals surface area (Å²) in [6.45, 7) is -0.303. The molecule has 0 bridgehead atoms. The summed E-state index contributed by atoms with van der Waals surface area (Å²) >= 11 is 0. The summed E-state index contributed by atoms with van der Waals surface area (Å²) < 4.78 is 32.6. The Hall–Kier alpha value is -2.98. The molecule has 0 aliphatic carbocycles. The monoisotopic (exact) mass is 377 g/mol. The number of sulfonamides is 1. The number of hydrogen-bond donors (Lipinski definition) is 1. The molecular formula is C16H15N3O6S. The van der Waals surface area contributed by atoms with Gasteiger partial charge in [-0.2, -0.15) is 0 Å². The Bertz CT molecular complexity index is 975. The van der Waals surface area contributed by atoms with Gasteiger partial charge in [-0.15, -0.1) is 0 Å². The number of likely N-dealkylation sites (N-methyl/N-ethyl adjacent to an activating group) is 1.